The summed E-state index contributed by atoms with van der Waals surface area (Å²) >= 11 is 0. The van der Waals surface area contributed by atoms with Crippen molar-refractivity contribution in [3.8, 4) is 11.1 Å². The highest BCUT2D eigenvalue weighted by Gasteiger charge is 2.20. The number of furan rings is 1. The third kappa shape index (κ3) is 4.13. The molecule has 0 spiro atoms. The maximum Gasteiger partial charge on any atom is 0.143 e. The first-order valence-electron chi connectivity index (χ1n) is 16.4. The van der Waals surface area contributed by atoms with Crippen molar-refractivity contribution in [3.05, 3.63) is 176 Å². The van der Waals surface area contributed by atoms with Gasteiger partial charge in [0.15, 0.2) is 0 Å². The van der Waals surface area contributed by atoms with Crippen LogP contribution in [0.5, 0.6) is 0 Å². The van der Waals surface area contributed by atoms with Gasteiger partial charge in [-0.15, -0.1) is 0 Å². The number of hydrogen-bond acceptors (Lipinski definition) is 2. The average Bonchev–Trinajstić information content (AvgIpc) is 3.55. The van der Waals surface area contributed by atoms with E-state index in [1.165, 1.54) is 43.4 Å². The molecule has 2 heteroatoms. The van der Waals surface area contributed by atoms with Gasteiger partial charge in [-0.1, -0.05) is 133 Å². The first-order chi connectivity index (χ1) is 23.8. The van der Waals surface area contributed by atoms with Crippen LogP contribution >= 0.6 is 0 Å². The van der Waals surface area contributed by atoms with Crippen LogP contribution in [0.1, 0.15) is 0 Å². The van der Waals surface area contributed by atoms with E-state index in [9.17, 15) is 0 Å². The van der Waals surface area contributed by atoms with E-state index in [1.54, 1.807) is 0 Å². The summed E-state index contributed by atoms with van der Waals surface area (Å²) in [5.41, 5.74) is 7.53. The fourth-order valence-corrected chi connectivity index (χ4v) is 7.53. The fraction of sp³-hybridized carbons (Fsp3) is 0. The Morgan fingerprint density at radius 1 is 0.354 bits per heavy atom. The lowest BCUT2D eigenvalue weighted by Crippen LogP contribution is -2.10. The van der Waals surface area contributed by atoms with E-state index in [2.05, 4.69) is 175 Å². The highest BCUT2D eigenvalue weighted by Crippen LogP contribution is 2.45. The maximum absolute atomic E-state index is 6.53. The summed E-state index contributed by atoms with van der Waals surface area (Å²) in [5.74, 6) is 0. The molecule has 2 nitrogen and oxygen atoms in total. The first kappa shape index (κ1) is 26.8. The quantitative estimate of drug-likeness (QED) is 0.184. The van der Waals surface area contributed by atoms with Crippen LogP contribution in [0.15, 0.2) is 180 Å². The average molecular weight is 612 g/mol. The number of fused-ring (bicyclic) bond motifs is 10. The van der Waals surface area contributed by atoms with Gasteiger partial charge in [-0.25, -0.2) is 0 Å². The molecule has 0 aliphatic rings. The van der Waals surface area contributed by atoms with E-state index in [-0.39, 0.29) is 0 Å². The maximum atomic E-state index is 6.53. The fourth-order valence-electron chi connectivity index (χ4n) is 7.53. The van der Waals surface area contributed by atoms with Crippen molar-refractivity contribution in [2.24, 2.45) is 0 Å². The van der Waals surface area contributed by atoms with Gasteiger partial charge in [0.25, 0.3) is 0 Å². The molecule has 0 unspecified atom stereocenters. The number of hydrogen-bond donors (Lipinski definition) is 0. The van der Waals surface area contributed by atoms with Gasteiger partial charge in [0.05, 0.1) is 5.69 Å². The van der Waals surface area contributed by atoms with Gasteiger partial charge in [-0.3, -0.25) is 0 Å². The molecule has 0 amide bonds. The minimum atomic E-state index is 0.909. The summed E-state index contributed by atoms with van der Waals surface area (Å²) in [6, 6.07) is 63.4. The van der Waals surface area contributed by atoms with E-state index >= 15 is 0 Å². The van der Waals surface area contributed by atoms with Crippen molar-refractivity contribution in [1.29, 1.82) is 0 Å². The monoisotopic (exact) mass is 611 g/mol. The molecule has 224 valence electrons. The molecular formula is C46H29NO. The Bertz CT molecular complexity index is 2830. The van der Waals surface area contributed by atoms with E-state index in [4.69, 9.17) is 4.42 Å². The zero-order valence-corrected chi connectivity index (χ0v) is 26.1. The second kappa shape index (κ2) is 10.6. The van der Waals surface area contributed by atoms with Gasteiger partial charge in [0.1, 0.15) is 11.2 Å². The van der Waals surface area contributed by atoms with Crippen LogP contribution in [-0.2, 0) is 0 Å². The molecule has 10 aromatic rings. The minimum Gasteiger partial charge on any atom is -0.455 e. The third-order valence-electron chi connectivity index (χ3n) is 9.80. The Morgan fingerprint density at radius 3 is 1.81 bits per heavy atom. The van der Waals surface area contributed by atoms with Crippen LogP contribution in [0, 0.1) is 0 Å². The van der Waals surface area contributed by atoms with Gasteiger partial charge in [-0.05, 0) is 85.9 Å². The van der Waals surface area contributed by atoms with Crippen molar-refractivity contribution < 1.29 is 4.42 Å². The first-order valence-corrected chi connectivity index (χ1v) is 16.4. The summed E-state index contributed by atoms with van der Waals surface area (Å²) in [6.07, 6.45) is 0. The predicted octanol–water partition coefficient (Wildman–Crippen LogP) is 13.3. The van der Waals surface area contributed by atoms with Gasteiger partial charge in [-0.2, -0.15) is 0 Å². The van der Waals surface area contributed by atoms with Crippen molar-refractivity contribution in [2.45, 2.75) is 0 Å². The van der Waals surface area contributed by atoms with E-state index in [0.29, 0.717) is 0 Å². The van der Waals surface area contributed by atoms with Crippen molar-refractivity contribution in [2.75, 3.05) is 4.90 Å². The molecule has 48 heavy (non-hydrogen) atoms. The van der Waals surface area contributed by atoms with Gasteiger partial charge >= 0.3 is 0 Å². The van der Waals surface area contributed by atoms with Crippen LogP contribution in [0.25, 0.3) is 76.2 Å². The Labute approximate surface area is 277 Å². The molecule has 0 saturated heterocycles. The van der Waals surface area contributed by atoms with E-state index in [1.807, 2.05) is 6.07 Å². The summed E-state index contributed by atoms with van der Waals surface area (Å²) in [7, 11) is 0. The molecule has 0 N–H and O–H groups in total. The molecule has 0 aliphatic carbocycles. The second-order valence-electron chi connectivity index (χ2n) is 12.5. The number of anilines is 3. The molecule has 0 bridgehead atoms. The molecular weight excluding hydrogens is 583 g/mol. The lowest BCUT2D eigenvalue weighted by atomic mass is 9.94. The van der Waals surface area contributed by atoms with Crippen molar-refractivity contribution in [3.63, 3.8) is 0 Å². The molecule has 0 aliphatic heterocycles. The third-order valence-corrected chi connectivity index (χ3v) is 9.80. The number of rotatable bonds is 4. The Hall–Kier alpha value is -6.38. The molecule has 0 radical (unpaired) electrons. The number of para-hydroxylation sites is 1. The molecule has 0 atom stereocenters. The van der Waals surface area contributed by atoms with Crippen LogP contribution in [0.2, 0.25) is 0 Å². The van der Waals surface area contributed by atoms with Gasteiger partial charge in [0.2, 0.25) is 0 Å². The molecule has 10 rings (SSSR count). The summed E-state index contributed by atoms with van der Waals surface area (Å²) in [4.78, 5) is 2.41. The smallest absolute Gasteiger partial charge is 0.143 e. The Morgan fingerprint density at radius 2 is 0.958 bits per heavy atom. The van der Waals surface area contributed by atoms with Crippen LogP contribution in [0.3, 0.4) is 0 Å². The number of nitrogens with zero attached hydrogens (tertiary/aromatic N) is 1. The lowest BCUT2D eigenvalue weighted by Gasteiger charge is -2.28. The van der Waals surface area contributed by atoms with E-state index in [0.717, 1.165) is 49.8 Å². The highest BCUT2D eigenvalue weighted by atomic mass is 16.3. The van der Waals surface area contributed by atoms with Crippen molar-refractivity contribution >= 4 is 82.1 Å². The standard InChI is InChI=1S/C46H29NO/c1-2-10-30(11-3-1)31-20-24-35(25-21-31)47(36-26-22-33-23-27-41-39-15-8-9-17-44(39)48-46(41)42(33)29-36)43-28-34-19-18-32-12-4-5-13-37(32)45(34)40-16-7-6-14-38(40)43/h1-29H. The van der Waals surface area contributed by atoms with Crippen molar-refractivity contribution in [1.82, 2.24) is 0 Å². The summed E-state index contributed by atoms with van der Waals surface area (Å²) < 4.78 is 6.53. The summed E-state index contributed by atoms with van der Waals surface area (Å²) in [6.45, 7) is 0. The minimum absolute atomic E-state index is 0.909. The largest absolute Gasteiger partial charge is 0.455 e. The zero-order chi connectivity index (χ0) is 31.6. The van der Waals surface area contributed by atoms with Crippen LogP contribution in [-0.4, -0.2) is 0 Å². The highest BCUT2D eigenvalue weighted by molar-refractivity contribution is 6.24. The Balaban J connectivity index is 1.26. The lowest BCUT2D eigenvalue weighted by molar-refractivity contribution is 0.672. The zero-order valence-electron chi connectivity index (χ0n) is 26.1. The second-order valence-corrected chi connectivity index (χ2v) is 12.5. The molecule has 0 fully saturated rings. The van der Waals surface area contributed by atoms with Crippen LogP contribution < -0.4 is 4.90 Å². The SMILES string of the molecule is c1ccc(-c2ccc(N(c3ccc4ccc5c6ccccc6oc5c4c3)c3cc4ccc5ccccc5c4c4ccccc34)cc2)cc1. The molecule has 1 heterocycles. The molecule has 1 aromatic heterocycles. The van der Waals surface area contributed by atoms with E-state index < -0.39 is 0 Å². The molecule has 0 saturated carbocycles. The topological polar surface area (TPSA) is 16.4 Å². The predicted molar refractivity (Wildman–Crippen MR) is 204 cm³/mol. The summed E-state index contributed by atoms with van der Waals surface area (Å²) in [5, 5.41) is 12.0. The van der Waals surface area contributed by atoms with Gasteiger partial charge < -0.3 is 9.32 Å². The normalized spacial score (nSPS) is 11.8. The molecule has 9 aromatic carbocycles. The van der Waals surface area contributed by atoms with Crippen LogP contribution in [0.4, 0.5) is 17.1 Å². The van der Waals surface area contributed by atoms with Gasteiger partial charge in [0, 0.05) is 32.9 Å². The Kier molecular flexibility index (Phi) is 5.91. The number of benzene rings is 9.